The van der Waals surface area contributed by atoms with Gasteiger partial charge in [0.15, 0.2) is 9.84 Å². The second-order valence-corrected chi connectivity index (χ2v) is 9.12. The van der Waals surface area contributed by atoms with Crippen LogP contribution in [-0.4, -0.2) is 56.0 Å². The average Bonchev–Trinajstić information content (AvgIpc) is 2.45. The highest BCUT2D eigenvalue weighted by Gasteiger charge is 2.37. The Kier molecular flexibility index (Phi) is 7.14. The standard InChI is InChI=1S/C16H34N2O2S/c1-6-10-21(19,20)11-9-18-12-15(14(4)7-2)17-13-16(18,5)8-3/h14-15,17H,6-13H2,1-5H3. The van der Waals surface area contributed by atoms with Crippen LogP contribution in [0.1, 0.15) is 53.9 Å². The van der Waals surface area contributed by atoms with Gasteiger partial charge in [-0.2, -0.15) is 0 Å². The molecule has 0 saturated carbocycles. The zero-order valence-corrected chi connectivity index (χ0v) is 15.3. The highest BCUT2D eigenvalue weighted by molar-refractivity contribution is 7.91. The lowest BCUT2D eigenvalue weighted by atomic mass is 9.88. The highest BCUT2D eigenvalue weighted by Crippen LogP contribution is 2.25. The Morgan fingerprint density at radius 3 is 2.48 bits per heavy atom. The molecule has 0 aromatic rings. The van der Waals surface area contributed by atoms with E-state index in [0.717, 1.165) is 25.9 Å². The van der Waals surface area contributed by atoms with Gasteiger partial charge in [0.25, 0.3) is 0 Å². The first-order valence-electron chi connectivity index (χ1n) is 8.46. The largest absolute Gasteiger partial charge is 0.311 e. The molecule has 0 aromatic carbocycles. The van der Waals surface area contributed by atoms with Gasteiger partial charge in [-0.05, 0) is 25.7 Å². The summed E-state index contributed by atoms with van der Waals surface area (Å²) in [5, 5.41) is 3.67. The van der Waals surface area contributed by atoms with Crippen molar-refractivity contribution in [3.63, 3.8) is 0 Å². The molecular weight excluding hydrogens is 284 g/mol. The SMILES string of the molecule is CCCS(=O)(=O)CCN1CC(C(C)CC)NCC1(C)CC. The van der Waals surface area contributed by atoms with Crippen molar-refractivity contribution in [1.29, 1.82) is 0 Å². The lowest BCUT2D eigenvalue weighted by molar-refractivity contribution is 0.0418. The zero-order chi connectivity index (χ0) is 16.1. The van der Waals surface area contributed by atoms with Crippen molar-refractivity contribution >= 4 is 9.84 Å². The minimum atomic E-state index is -2.89. The number of hydrogen-bond acceptors (Lipinski definition) is 4. The van der Waals surface area contributed by atoms with Crippen LogP contribution in [-0.2, 0) is 9.84 Å². The Morgan fingerprint density at radius 1 is 1.29 bits per heavy atom. The first-order chi connectivity index (χ1) is 9.78. The quantitative estimate of drug-likeness (QED) is 0.746. The average molecular weight is 319 g/mol. The molecule has 1 fully saturated rings. The number of hydrogen-bond donors (Lipinski definition) is 1. The maximum absolute atomic E-state index is 12.0. The summed E-state index contributed by atoms with van der Waals surface area (Å²) in [4.78, 5) is 2.41. The summed E-state index contributed by atoms with van der Waals surface area (Å²) in [6.07, 6.45) is 2.91. The summed E-state index contributed by atoms with van der Waals surface area (Å²) in [7, 11) is -2.89. The molecule has 0 aliphatic carbocycles. The second-order valence-electron chi connectivity index (χ2n) is 6.82. The van der Waals surface area contributed by atoms with Gasteiger partial charge >= 0.3 is 0 Å². The summed E-state index contributed by atoms with van der Waals surface area (Å²) < 4.78 is 24.0. The molecule has 0 aromatic heterocycles. The van der Waals surface area contributed by atoms with Crippen molar-refractivity contribution < 1.29 is 8.42 Å². The molecule has 0 amide bonds. The molecule has 0 radical (unpaired) electrons. The minimum Gasteiger partial charge on any atom is -0.311 e. The fourth-order valence-corrected chi connectivity index (χ4v) is 4.35. The molecule has 126 valence electrons. The summed E-state index contributed by atoms with van der Waals surface area (Å²) in [6, 6.07) is 0.475. The highest BCUT2D eigenvalue weighted by atomic mass is 32.2. The third-order valence-corrected chi connectivity index (χ3v) is 7.04. The fourth-order valence-electron chi connectivity index (χ4n) is 3.02. The van der Waals surface area contributed by atoms with Crippen molar-refractivity contribution in [2.45, 2.75) is 65.5 Å². The molecule has 0 spiro atoms. The van der Waals surface area contributed by atoms with Gasteiger partial charge in [-0.25, -0.2) is 8.42 Å². The maximum atomic E-state index is 12.0. The maximum Gasteiger partial charge on any atom is 0.151 e. The molecule has 1 N–H and O–H groups in total. The predicted molar refractivity (Wildman–Crippen MR) is 90.5 cm³/mol. The predicted octanol–water partition coefficient (Wildman–Crippen LogP) is 2.30. The Balaban J connectivity index is 2.72. The van der Waals surface area contributed by atoms with E-state index in [-0.39, 0.29) is 5.54 Å². The van der Waals surface area contributed by atoms with Gasteiger partial charge in [-0.1, -0.05) is 34.1 Å². The first kappa shape index (κ1) is 18.9. The van der Waals surface area contributed by atoms with E-state index >= 15 is 0 Å². The Morgan fingerprint density at radius 2 is 1.95 bits per heavy atom. The van der Waals surface area contributed by atoms with E-state index < -0.39 is 9.84 Å². The lowest BCUT2D eigenvalue weighted by Crippen LogP contribution is -2.65. The van der Waals surface area contributed by atoms with Gasteiger partial charge < -0.3 is 5.32 Å². The van der Waals surface area contributed by atoms with Crippen molar-refractivity contribution in [2.75, 3.05) is 31.1 Å². The van der Waals surface area contributed by atoms with Gasteiger partial charge in [0.2, 0.25) is 0 Å². The van der Waals surface area contributed by atoms with E-state index in [4.69, 9.17) is 0 Å². The van der Waals surface area contributed by atoms with E-state index in [0.29, 0.717) is 36.4 Å². The van der Waals surface area contributed by atoms with E-state index in [1.54, 1.807) is 0 Å². The van der Waals surface area contributed by atoms with Crippen LogP contribution >= 0.6 is 0 Å². The van der Waals surface area contributed by atoms with E-state index in [1.807, 2.05) is 6.92 Å². The summed E-state index contributed by atoms with van der Waals surface area (Å²) in [5.74, 6) is 1.24. The van der Waals surface area contributed by atoms with Crippen molar-refractivity contribution in [2.24, 2.45) is 5.92 Å². The van der Waals surface area contributed by atoms with Crippen LogP contribution in [0.2, 0.25) is 0 Å². The Labute approximate surface area is 131 Å². The lowest BCUT2D eigenvalue weighted by Gasteiger charge is -2.49. The van der Waals surface area contributed by atoms with Gasteiger partial charge in [0, 0.05) is 37.0 Å². The molecule has 5 heteroatoms. The van der Waals surface area contributed by atoms with Gasteiger partial charge in [-0.15, -0.1) is 0 Å². The van der Waals surface area contributed by atoms with Gasteiger partial charge in [0.05, 0.1) is 5.75 Å². The minimum absolute atomic E-state index is 0.0751. The summed E-state index contributed by atoms with van der Waals surface area (Å²) >= 11 is 0. The molecule has 1 saturated heterocycles. The molecule has 0 bridgehead atoms. The van der Waals surface area contributed by atoms with Gasteiger partial charge in [-0.3, -0.25) is 4.90 Å². The van der Waals surface area contributed by atoms with Crippen LogP contribution in [0.15, 0.2) is 0 Å². The van der Waals surface area contributed by atoms with Crippen LogP contribution in [0.4, 0.5) is 0 Å². The van der Waals surface area contributed by atoms with Crippen molar-refractivity contribution in [3.8, 4) is 0 Å². The molecule has 1 aliphatic heterocycles. The number of sulfone groups is 1. The smallest absolute Gasteiger partial charge is 0.151 e. The van der Waals surface area contributed by atoms with Crippen molar-refractivity contribution in [1.82, 2.24) is 10.2 Å². The van der Waals surface area contributed by atoms with Crippen LogP contribution in [0.3, 0.4) is 0 Å². The van der Waals surface area contributed by atoms with Gasteiger partial charge in [0.1, 0.15) is 0 Å². The normalized spacial score (nSPS) is 29.5. The molecule has 1 aliphatic rings. The summed E-state index contributed by atoms with van der Waals surface area (Å²) in [5.41, 5.74) is 0.0751. The molecule has 21 heavy (non-hydrogen) atoms. The zero-order valence-electron chi connectivity index (χ0n) is 14.5. The van der Waals surface area contributed by atoms with Crippen molar-refractivity contribution in [3.05, 3.63) is 0 Å². The third-order valence-electron chi connectivity index (χ3n) is 5.21. The molecule has 1 rings (SSSR count). The van der Waals surface area contributed by atoms with Crippen LogP contribution in [0, 0.1) is 5.92 Å². The Bertz CT molecular complexity index is 411. The topological polar surface area (TPSA) is 49.4 Å². The van der Waals surface area contributed by atoms with Crippen LogP contribution in [0.5, 0.6) is 0 Å². The number of nitrogens with zero attached hydrogens (tertiary/aromatic N) is 1. The van der Waals surface area contributed by atoms with E-state index in [2.05, 4.69) is 37.9 Å². The number of rotatable bonds is 8. The molecular formula is C16H34N2O2S. The number of piperazine rings is 1. The first-order valence-corrected chi connectivity index (χ1v) is 10.3. The van der Waals surface area contributed by atoms with E-state index in [1.165, 1.54) is 0 Å². The summed E-state index contributed by atoms with van der Waals surface area (Å²) in [6.45, 7) is 13.4. The molecule has 4 nitrogen and oxygen atoms in total. The third kappa shape index (κ3) is 5.22. The van der Waals surface area contributed by atoms with E-state index in [9.17, 15) is 8.42 Å². The monoisotopic (exact) mass is 318 g/mol. The number of nitrogens with one attached hydrogen (secondary N) is 1. The molecule has 3 unspecified atom stereocenters. The van der Waals surface area contributed by atoms with Crippen LogP contribution in [0.25, 0.3) is 0 Å². The molecule has 3 atom stereocenters. The fraction of sp³-hybridized carbons (Fsp3) is 1.00. The Hall–Kier alpha value is -0.130. The van der Waals surface area contributed by atoms with Crippen LogP contribution < -0.4 is 5.32 Å². The molecule has 1 heterocycles. The second kappa shape index (κ2) is 7.93.